The van der Waals surface area contributed by atoms with Crippen LogP contribution >= 0.6 is 11.6 Å². The lowest BCUT2D eigenvalue weighted by Crippen LogP contribution is -2.12. The summed E-state index contributed by atoms with van der Waals surface area (Å²) < 4.78 is 0. The average molecular weight is 300 g/mol. The Morgan fingerprint density at radius 1 is 1.14 bits per heavy atom. The number of aromatic nitrogens is 2. The number of hydrogen-bond acceptors (Lipinski definition) is 4. The molecule has 1 aromatic heterocycles. The smallest absolute Gasteiger partial charge is 0.257 e. The molecule has 3 aromatic rings. The van der Waals surface area contributed by atoms with E-state index in [4.69, 9.17) is 11.6 Å². The first-order chi connectivity index (χ1) is 10.1. The molecule has 0 saturated carbocycles. The SMILES string of the molecule is O=C(Nc1ccc(O)c(Cl)c1)c1cccc2nccnc12. The standard InChI is InChI=1S/C15H10ClN3O2/c16-11-8-9(4-5-13(11)20)19-15(21)10-2-1-3-12-14(10)18-7-6-17-12/h1-8,20H,(H,19,21). The number of benzene rings is 2. The van der Waals surface area contributed by atoms with Gasteiger partial charge in [0.2, 0.25) is 0 Å². The maximum Gasteiger partial charge on any atom is 0.257 e. The lowest BCUT2D eigenvalue weighted by Gasteiger charge is -2.08. The van der Waals surface area contributed by atoms with Gasteiger partial charge in [-0.1, -0.05) is 17.7 Å². The summed E-state index contributed by atoms with van der Waals surface area (Å²) >= 11 is 5.81. The molecule has 0 bridgehead atoms. The number of para-hydroxylation sites is 1. The van der Waals surface area contributed by atoms with E-state index in [1.807, 2.05) is 0 Å². The van der Waals surface area contributed by atoms with E-state index in [0.29, 0.717) is 22.3 Å². The molecule has 0 aliphatic rings. The summed E-state index contributed by atoms with van der Waals surface area (Å²) in [6.07, 6.45) is 3.11. The molecule has 6 heteroatoms. The zero-order chi connectivity index (χ0) is 14.8. The Hall–Kier alpha value is -2.66. The van der Waals surface area contributed by atoms with Crippen molar-refractivity contribution >= 4 is 34.2 Å². The van der Waals surface area contributed by atoms with Crippen LogP contribution in [0.1, 0.15) is 10.4 Å². The van der Waals surface area contributed by atoms with Gasteiger partial charge in [-0.3, -0.25) is 14.8 Å². The van der Waals surface area contributed by atoms with Gasteiger partial charge in [0, 0.05) is 18.1 Å². The number of hydrogen-bond donors (Lipinski definition) is 2. The molecule has 0 radical (unpaired) electrons. The number of phenols is 1. The summed E-state index contributed by atoms with van der Waals surface area (Å²) in [4.78, 5) is 20.7. The third-order valence-electron chi connectivity index (χ3n) is 2.95. The molecule has 3 rings (SSSR count). The van der Waals surface area contributed by atoms with Gasteiger partial charge in [-0.25, -0.2) is 0 Å². The zero-order valence-electron chi connectivity index (χ0n) is 10.7. The second-order valence-corrected chi connectivity index (χ2v) is 4.76. The van der Waals surface area contributed by atoms with Crippen molar-refractivity contribution in [1.82, 2.24) is 9.97 Å². The van der Waals surface area contributed by atoms with Gasteiger partial charge in [0.15, 0.2) is 0 Å². The van der Waals surface area contributed by atoms with Gasteiger partial charge in [0.05, 0.1) is 16.1 Å². The fourth-order valence-electron chi connectivity index (χ4n) is 1.96. The lowest BCUT2D eigenvalue weighted by molar-refractivity contribution is 0.102. The normalized spacial score (nSPS) is 10.5. The van der Waals surface area contributed by atoms with E-state index >= 15 is 0 Å². The predicted molar refractivity (Wildman–Crippen MR) is 80.6 cm³/mol. The van der Waals surface area contributed by atoms with Crippen molar-refractivity contribution in [1.29, 1.82) is 0 Å². The van der Waals surface area contributed by atoms with Gasteiger partial charge in [0.1, 0.15) is 11.3 Å². The molecule has 2 N–H and O–H groups in total. The minimum Gasteiger partial charge on any atom is -0.506 e. The largest absolute Gasteiger partial charge is 0.506 e. The molecule has 5 nitrogen and oxygen atoms in total. The van der Waals surface area contributed by atoms with E-state index in [9.17, 15) is 9.90 Å². The number of rotatable bonds is 2. The molecule has 0 aliphatic carbocycles. The summed E-state index contributed by atoms with van der Waals surface area (Å²) in [7, 11) is 0. The molecule has 1 heterocycles. The number of nitrogens with zero attached hydrogens (tertiary/aromatic N) is 2. The Balaban J connectivity index is 1.95. The Morgan fingerprint density at radius 3 is 2.76 bits per heavy atom. The average Bonchev–Trinajstić information content (AvgIpc) is 2.50. The molecule has 0 saturated heterocycles. The van der Waals surface area contributed by atoms with Crippen molar-refractivity contribution in [2.75, 3.05) is 5.32 Å². The number of nitrogens with one attached hydrogen (secondary N) is 1. The summed E-state index contributed by atoms with van der Waals surface area (Å²) in [6, 6.07) is 9.67. The molecule has 104 valence electrons. The van der Waals surface area contributed by atoms with E-state index in [0.717, 1.165) is 0 Å². The molecule has 21 heavy (non-hydrogen) atoms. The first kappa shape index (κ1) is 13.3. The second kappa shape index (κ2) is 5.38. The first-order valence-corrected chi connectivity index (χ1v) is 6.52. The predicted octanol–water partition coefficient (Wildman–Crippen LogP) is 3.24. The second-order valence-electron chi connectivity index (χ2n) is 4.35. The van der Waals surface area contributed by atoms with Crippen molar-refractivity contribution in [3.05, 3.63) is 59.4 Å². The van der Waals surface area contributed by atoms with Crippen molar-refractivity contribution < 1.29 is 9.90 Å². The van der Waals surface area contributed by atoms with E-state index in [-0.39, 0.29) is 16.7 Å². The highest BCUT2D eigenvalue weighted by molar-refractivity contribution is 6.32. The van der Waals surface area contributed by atoms with Crippen LogP contribution in [-0.2, 0) is 0 Å². The monoisotopic (exact) mass is 299 g/mol. The van der Waals surface area contributed by atoms with Crippen LogP contribution < -0.4 is 5.32 Å². The highest BCUT2D eigenvalue weighted by Crippen LogP contribution is 2.26. The van der Waals surface area contributed by atoms with E-state index in [2.05, 4.69) is 15.3 Å². The third-order valence-corrected chi connectivity index (χ3v) is 3.25. The lowest BCUT2D eigenvalue weighted by atomic mass is 10.1. The van der Waals surface area contributed by atoms with E-state index in [1.165, 1.54) is 18.3 Å². The van der Waals surface area contributed by atoms with Crippen LogP contribution in [0, 0.1) is 0 Å². The van der Waals surface area contributed by atoms with Gasteiger partial charge in [-0.15, -0.1) is 0 Å². The van der Waals surface area contributed by atoms with Gasteiger partial charge in [-0.05, 0) is 30.3 Å². The maximum atomic E-state index is 12.3. The van der Waals surface area contributed by atoms with Crippen LogP contribution in [0.2, 0.25) is 5.02 Å². The van der Waals surface area contributed by atoms with Gasteiger partial charge in [0.25, 0.3) is 5.91 Å². The molecule has 0 atom stereocenters. The van der Waals surface area contributed by atoms with Crippen LogP contribution in [0.3, 0.4) is 0 Å². The summed E-state index contributed by atoms with van der Waals surface area (Å²) in [5.74, 6) is -0.353. The molecule has 0 spiro atoms. The van der Waals surface area contributed by atoms with Gasteiger partial charge < -0.3 is 10.4 Å². The Kier molecular flexibility index (Phi) is 3.41. The number of carbonyl (C=O) groups is 1. The van der Waals surface area contributed by atoms with Crippen molar-refractivity contribution in [2.45, 2.75) is 0 Å². The fraction of sp³-hybridized carbons (Fsp3) is 0. The molecule has 0 unspecified atom stereocenters. The molecule has 0 aliphatic heterocycles. The molecule has 2 aromatic carbocycles. The number of anilines is 1. The Morgan fingerprint density at radius 2 is 1.95 bits per heavy atom. The van der Waals surface area contributed by atoms with Crippen LogP contribution in [0.5, 0.6) is 5.75 Å². The minimum absolute atomic E-state index is 0.0364. The van der Waals surface area contributed by atoms with Gasteiger partial charge in [-0.2, -0.15) is 0 Å². The Bertz CT molecular complexity index is 831. The van der Waals surface area contributed by atoms with Crippen LogP contribution in [0.4, 0.5) is 5.69 Å². The number of carbonyl (C=O) groups excluding carboxylic acids is 1. The van der Waals surface area contributed by atoms with Gasteiger partial charge >= 0.3 is 0 Å². The van der Waals surface area contributed by atoms with Crippen molar-refractivity contribution in [3.63, 3.8) is 0 Å². The molecule has 1 amide bonds. The summed E-state index contributed by atoms with van der Waals surface area (Å²) in [5.41, 5.74) is 2.09. The van der Waals surface area contributed by atoms with Crippen LogP contribution in [0.25, 0.3) is 11.0 Å². The van der Waals surface area contributed by atoms with Crippen molar-refractivity contribution in [3.8, 4) is 5.75 Å². The number of phenolic OH excluding ortho intramolecular Hbond substituents is 1. The quantitative estimate of drug-likeness (QED) is 0.712. The van der Waals surface area contributed by atoms with E-state index < -0.39 is 0 Å². The summed E-state index contributed by atoms with van der Waals surface area (Å²) in [6.45, 7) is 0. The summed E-state index contributed by atoms with van der Waals surface area (Å²) in [5, 5.41) is 12.3. The highest BCUT2D eigenvalue weighted by Gasteiger charge is 2.12. The molecular formula is C15H10ClN3O2. The van der Waals surface area contributed by atoms with E-state index in [1.54, 1.807) is 30.5 Å². The molecule has 0 fully saturated rings. The third kappa shape index (κ3) is 2.64. The zero-order valence-corrected chi connectivity index (χ0v) is 11.5. The van der Waals surface area contributed by atoms with Crippen LogP contribution in [-0.4, -0.2) is 21.0 Å². The maximum absolute atomic E-state index is 12.3. The number of halogens is 1. The first-order valence-electron chi connectivity index (χ1n) is 6.15. The highest BCUT2D eigenvalue weighted by atomic mass is 35.5. The topological polar surface area (TPSA) is 75.1 Å². The number of amides is 1. The molecular weight excluding hydrogens is 290 g/mol. The van der Waals surface area contributed by atoms with Crippen LogP contribution in [0.15, 0.2) is 48.8 Å². The minimum atomic E-state index is -0.317. The fourth-order valence-corrected chi connectivity index (χ4v) is 2.14. The Labute approximate surface area is 125 Å². The number of fused-ring (bicyclic) bond motifs is 1. The number of aromatic hydroxyl groups is 1. The van der Waals surface area contributed by atoms with Crippen molar-refractivity contribution in [2.24, 2.45) is 0 Å².